The van der Waals surface area contributed by atoms with Crippen molar-refractivity contribution in [3.05, 3.63) is 29.3 Å². The fraction of sp³-hybridized carbons (Fsp3) is 0.684. The third-order valence-corrected chi connectivity index (χ3v) is 3.71. The molecule has 1 atom stereocenters. The number of rotatable bonds is 8. The summed E-state index contributed by atoms with van der Waals surface area (Å²) in [6.45, 7) is 17.4. The van der Waals surface area contributed by atoms with E-state index in [2.05, 4.69) is 72.0 Å². The van der Waals surface area contributed by atoms with Crippen molar-refractivity contribution in [1.29, 1.82) is 0 Å². The second kappa shape index (κ2) is 8.43. The Bertz CT molecular complexity index is 424. The number of hydrogen-bond donors (Lipinski definition) is 1. The summed E-state index contributed by atoms with van der Waals surface area (Å²) in [5.41, 5.74) is 2.56. The van der Waals surface area contributed by atoms with Crippen LogP contribution in [0.5, 0.6) is 5.75 Å². The van der Waals surface area contributed by atoms with Crippen LogP contribution in [0.4, 0.5) is 0 Å². The summed E-state index contributed by atoms with van der Waals surface area (Å²) >= 11 is 0. The van der Waals surface area contributed by atoms with Crippen molar-refractivity contribution in [2.75, 3.05) is 13.1 Å². The monoisotopic (exact) mass is 291 g/mol. The van der Waals surface area contributed by atoms with Gasteiger partial charge < -0.3 is 10.1 Å². The second-order valence-corrected chi connectivity index (χ2v) is 7.15. The molecule has 1 N–H and O–H groups in total. The summed E-state index contributed by atoms with van der Waals surface area (Å²) < 4.78 is 6.37. The van der Waals surface area contributed by atoms with Crippen LogP contribution < -0.4 is 10.1 Å². The van der Waals surface area contributed by atoms with E-state index in [0.29, 0.717) is 17.8 Å². The van der Waals surface area contributed by atoms with E-state index in [1.165, 1.54) is 11.1 Å². The first kappa shape index (κ1) is 18.0. The molecule has 0 aliphatic carbocycles. The maximum Gasteiger partial charge on any atom is 0.123 e. The highest BCUT2D eigenvalue weighted by Gasteiger charge is 2.18. The van der Waals surface area contributed by atoms with Gasteiger partial charge in [0.05, 0.1) is 0 Å². The third kappa shape index (κ3) is 6.09. The minimum Gasteiger partial charge on any atom is -0.489 e. The highest BCUT2D eigenvalue weighted by molar-refractivity contribution is 5.39. The quantitative estimate of drug-likeness (QED) is 0.745. The molecule has 0 heterocycles. The lowest BCUT2D eigenvalue weighted by Crippen LogP contribution is -2.37. The van der Waals surface area contributed by atoms with Gasteiger partial charge in [-0.3, -0.25) is 0 Å². The summed E-state index contributed by atoms with van der Waals surface area (Å²) in [6, 6.07) is 6.55. The van der Waals surface area contributed by atoms with Crippen molar-refractivity contribution >= 4 is 0 Å². The zero-order valence-electron chi connectivity index (χ0n) is 14.9. The van der Waals surface area contributed by atoms with Crippen molar-refractivity contribution in [3.8, 4) is 5.75 Å². The van der Waals surface area contributed by atoms with Crippen LogP contribution in [0, 0.1) is 18.8 Å². The minimum atomic E-state index is 0.211. The third-order valence-electron chi connectivity index (χ3n) is 3.71. The normalized spacial score (nSPS) is 13.2. The summed E-state index contributed by atoms with van der Waals surface area (Å²) in [6.07, 6.45) is 0.211. The van der Waals surface area contributed by atoms with E-state index in [4.69, 9.17) is 4.74 Å². The summed E-state index contributed by atoms with van der Waals surface area (Å²) in [4.78, 5) is 0. The van der Waals surface area contributed by atoms with Crippen molar-refractivity contribution in [2.45, 2.75) is 60.5 Å². The van der Waals surface area contributed by atoms with Crippen LogP contribution >= 0.6 is 0 Å². The molecule has 0 aromatic heterocycles. The maximum atomic E-state index is 6.37. The van der Waals surface area contributed by atoms with Gasteiger partial charge in [-0.2, -0.15) is 0 Å². The van der Waals surface area contributed by atoms with Gasteiger partial charge in [0.25, 0.3) is 0 Å². The minimum absolute atomic E-state index is 0.211. The SMILES string of the molecule is Cc1ccc(C(C)C)c(OC(CNCC(C)C)C(C)C)c1. The highest BCUT2D eigenvalue weighted by Crippen LogP contribution is 2.29. The lowest BCUT2D eigenvalue weighted by atomic mass is 10.00. The average molecular weight is 291 g/mol. The number of benzene rings is 1. The molecule has 0 radical (unpaired) electrons. The molecule has 0 fully saturated rings. The van der Waals surface area contributed by atoms with Gasteiger partial charge in [0, 0.05) is 6.54 Å². The first-order valence-electron chi connectivity index (χ1n) is 8.29. The Morgan fingerprint density at radius 1 is 1.00 bits per heavy atom. The zero-order valence-corrected chi connectivity index (χ0v) is 14.9. The lowest BCUT2D eigenvalue weighted by Gasteiger charge is -2.26. The van der Waals surface area contributed by atoms with Crippen LogP contribution in [0.1, 0.15) is 58.6 Å². The van der Waals surface area contributed by atoms with Crippen molar-refractivity contribution < 1.29 is 4.74 Å². The fourth-order valence-corrected chi connectivity index (χ4v) is 2.31. The Labute approximate surface area is 131 Å². The van der Waals surface area contributed by atoms with E-state index in [9.17, 15) is 0 Å². The van der Waals surface area contributed by atoms with Crippen LogP contribution in [-0.4, -0.2) is 19.2 Å². The van der Waals surface area contributed by atoms with Crippen molar-refractivity contribution in [1.82, 2.24) is 5.32 Å². The van der Waals surface area contributed by atoms with E-state index in [-0.39, 0.29) is 6.10 Å². The van der Waals surface area contributed by atoms with Crippen LogP contribution in [0.3, 0.4) is 0 Å². The summed E-state index contributed by atoms with van der Waals surface area (Å²) in [5.74, 6) is 2.69. The molecular formula is C19H33NO. The van der Waals surface area contributed by atoms with Gasteiger partial charge in [-0.25, -0.2) is 0 Å². The largest absolute Gasteiger partial charge is 0.489 e. The Morgan fingerprint density at radius 3 is 2.19 bits per heavy atom. The molecule has 1 aromatic carbocycles. The van der Waals surface area contributed by atoms with Gasteiger partial charge >= 0.3 is 0 Å². The topological polar surface area (TPSA) is 21.3 Å². The van der Waals surface area contributed by atoms with Gasteiger partial charge in [-0.1, -0.05) is 53.7 Å². The fourth-order valence-electron chi connectivity index (χ4n) is 2.31. The number of nitrogens with one attached hydrogen (secondary N) is 1. The smallest absolute Gasteiger partial charge is 0.123 e. The molecule has 0 aliphatic heterocycles. The van der Waals surface area contributed by atoms with Gasteiger partial charge in [0.2, 0.25) is 0 Å². The van der Waals surface area contributed by atoms with Crippen molar-refractivity contribution in [3.63, 3.8) is 0 Å². The molecule has 0 bridgehead atoms. The van der Waals surface area contributed by atoms with E-state index in [1.807, 2.05) is 0 Å². The molecule has 0 saturated heterocycles. The van der Waals surface area contributed by atoms with Crippen LogP contribution in [0.15, 0.2) is 18.2 Å². The molecule has 0 amide bonds. The molecule has 2 nitrogen and oxygen atoms in total. The van der Waals surface area contributed by atoms with E-state index < -0.39 is 0 Å². The zero-order chi connectivity index (χ0) is 16.0. The Hall–Kier alpha value is -1.02. The lowest BCUT2D eigenvalue weighted by molar-refractivity contribution is 0.146. The number of aryl methyl sites for hydroxylation is 1. The molecule has 1 unspecified atom stereocenters. The summed E-state index contributed by atoms with van der Waals surface area (Å²) in [5, 5.41) is 3.52. The molecule has 0 saturated carbocycles. The standard InChI is InChI=1S/C19H33NO/c1-13(2)11-20-12-19(15(5)6)21-18-10-16(7)8-9-17(18)14(3)4/h8-10,13-15,19-20H,11-12H2,1-7H3. The van der Waals surface area contributed by atoms with Crippen molar-refractivity contribution in [2.24, 2.45) is 11.8 Å². The van der Waals surface area contributed by atoms with Crippen LogP contribution in [0.2, 0.25) is 0 Å². The molecule has 0 spiro atoms. The Kier molecular flexibility index (Phi) is 7.24. The predicted octanol–water partition coefficient (Wildman–Crippen LogP) is 4.77. The maximum absolute atomic E-state index is 6.37. The van der Waals surface area contributed by atoms with E-state index in [0.717, 1.165) is 18.8 Å². The predicted molar refractivity (Wildman–Crippen MR) is 92.2 cm³/mol. The highest BCUT2D eigenvalue weighted by atomic mass is 16.5. The average Bonchev–Trinajstić information content (AvgIpc) is 2.36. The van der Waals surface area contributed by atoms with Gasteiger partial charge in [0.15, 0.2) is 0 Å². The van der Waals surface area contributed by atoms with Gasteiger partial charge in [-0.15, -0.1) is 0 Å². The van der Waals surface area contributed by atoms with Gasteiger partial charge in [0.1, 0.15) is 11.9 Å². The van der Waals surface area contributed by atoms with Crippen LogP contribution in [-0.2, 0) is 0 Å². The molecule has 0 aliphatic rings. The Balaban J connectivity index is 2.81. The molecular weight excluding hydrogens is 258 g/mol. The van der Waals surface area contributed by atoms with Gasteiger partial charge in [-0.05, 0) is 48.4 Å². The first-order valence-corrected chi connectivity index (χ1v) is 8.29. The number of ether oxygens (including phenoxy) is 1. The van der Waals surface area contributed by atoms with E-state index in [1.54, 1.807) is 0 Å². The molecule has 2 heteroatoms. The van der Waals surface area contributed by atoms with E-state index >= 15 is 0 Å². The molecule has 1 rings (SSSR count). The second-order valence-electron chi connectivity index (χ2n) is 7.15. The van der Waals surface area contributed by atoms with Crippen LogP contribution in [0.25, 0.3) is 0 Å². The molecule has 1 aromatic rings. The number of hydrogen-bond acceptors (Lipinski definition) is 2. The Morgan fingerprint density at radius 2 is 1.67 bits per heavy atom. The summed E-state index contributed by atoms with van der Waals surface area (Å²) in [7, 11) is 0. The molecule has 120 valence electrons. The molecule has 21 heavy (non-hydrogen) atoms. The first-order chi connectivity index (χ1) is 9.81.